The van der Waals surface area contributed by atoms with Crippen LogP contribution in [-0.2, 0) is 11.2 Å². The van der Waals surface area contributed by atoms with Crippen molar-refractivity contribution >= 4 is 5.69 Å². The van der Waals surface area contributed by atoms with E-state index in [9.17, 15) is 0 Å². The normalized spacial score (nSPS) is 19.2. The Morgan fingerprint density at radius 3 is 3.13 bits per heavy atom. The molecule has 0 unspecified atom stereocenters. The first-order valence-corrected chi connectivity index (χ1v) is 5.49. The molecule has 0 atom stereocenters. The average Bonchev–Trinajstić information content (AvgIpc) is 2.62. The molecule has 0 saturated carbocycles. The molecule has 1 N–H and O–H groups in total. The zero-order valence-corrected chi connectivity index (χ0v) is 8.66. The van der Waals surface area contributed by atoms with Crippen molar-refractivity contribution in [2.45, 2.75) is 6.42 Å². The van der Waals surface area contributed by atoms with E-state index in [1.807, 2.05) is 0 Å². The minimum absolute atomic E-state index is 0.589. The maximum Gasteiger partial charge on any atom is 0.121 e. The summed E-state index contributed by atoms with van der Waals surface area (Å²) in [6, 6.07) is 6.31. The van der Waals surface area contributed by atoms with Crippen molar-refractivity contribution in [3.8, 4) is 5.75 Å². The standard InChI is InChI=1S/C12H15NO2/c1-2-11(15-8-9-6-14-7-9)5-12-10(1)3-4-13-12/h1-2,5,9,13H,3-4,6-8H2. The van der Waals surface area contributed by atoms with Crippen LogP contribution in [0.2, 0.25) is 0 Å². The smallest absolute Gasteiger partial charge is 0.121 e. The zero-order valence-electron chi connectivity index (χ0n) is 8.66. The second-order valence-corrected chi connectivity index (χ2v) is 4.21. The lowest BCUT2D eigenvalue weighted by molar-refractivity contribution is -0.0508. The summed E-state index contributed by atoms with van der Waals surface area (Å²) >= 11 is 0. The molecule has 0 bridgehead atoms. The van der Waals surface area contributed by atoms with Gasteiger partial charge < -0.3 is 14.8 Å². The molecule has 2 aliphatic heterocycles. The Morgan fingerprint density at radius 2 is 2.33 bits per heavy atom. The van der Waals surface area contributed by atoms with Gasteiger partial charge in [-0.3, -0.25) is 0 Å². The highest BCUT2D eigenvalue weighted by atomic mass is 16.5. The van der Waals surface area contributed by atoms with E-state index in [1.165, 1.54) is 11.3 Å². The highest BCUT2D eigenvalue weighted by molar-refractivity contribution is 5.58. The van der Waals surface area contributed by atoms with Crippen LogP contribution in [0.25, 0.3) is 0 Å². The highest BCUT2D eigenvalue weighted by Gasteiger charge is 2.19. The lowest BCUT2D eigenvalue weighted by Gasteiger charge is -2.25. The Bertz CT molecular complexity index is 361. The second-order valence-electron chi connectivity index (χ2n) is 4.21. The molecule has 0 spiro atoms. The molecule has 3 rings (SSSR count). The minimum atomic E-state index is 0.589. The van der Waals surface area contributed by atoms with Crippen LogP contribution in [0.5, 0.6) is 5.75 Å². The van der Waals surface area contributed by atoms with Gasteiger partial charge in [0.1, 0.15) is 5.75 Å². The van der Waals surface area contributed by atoms with Crippen LogP contribution in [0.15, 0.2) is 18.2 Å². The Morgan fingerprint density at radius 1 is 1.40 bits per heavy atom. The molecule has 0 amide bonds. The van der Waals surface area contributed by atoms with Gasteiger partial charge in [-0.2, -0.15) is 0 Å². The SMILES string of the molecule is c1cc2c(cc1OCC1COC1)NCC2. The fourth-order valence-corrected chi connectivity index (χ4v) is 1.95. The van der Waals surface area contributed by atoms with Gasteiger partial charge in [-0.15, -0.1) is 0 Å². The van der Waals surface area contributed by atoms with E-state index in [-0.39, 0.29) is 0 Å². The van der Waals surface area contributed by atoms with Crippen LogP contribution in [0.4, 0.5) is 5.69 Å². The van der Waals surface area contributed by atoms with Gasteiger partial charge in [0.15, 0.2) is 0 Å². The number of fused-ring (bicyclic) bond motifs is 1. The van der Waals surface area contributed by atoms with Crippen molar-refractivity contribution in [1.29, 1.82) is 0 Å². The van der Waals surface area contributed by atoms with Gasteiger partial charge in [0, 0.05) is 24.2 Å². The predicted octanol–water partition coefficient (Wildman–Crippen LogP) is 1.68. The molecule has 1 saturated heterocycles. The molecule has 15 heavy (non-hydrogen) atoms. The van der Waals surface area contributed by atoms with E-state index in [1.54, 1.807) is 0 Å². The number of anilines is 1. The molecular formula is C12H15NO2. The van der Waals surface area contributed by atoms with Crippen LogP contribution in [0, 0.1) is 5.92 Å². The van der Waals surface area contributed by atoms with Gasteiger partial charge in [0.25, 0.3) is 0 Å². The molecule has 0 aliphatic carbocycles. The third-order valence-electron chi connectivity index (χ3n) is 2.98. The predicted molar refractivity (Wildman–Crippen MR) is 58.4 cm³/mol. The molecule has 2 aliphatic rings. The van der Waals surface area contributed by atoms with Crippen molar-refractivity contribution in [2.75, 3.05) is 31.7 Å². The topological polar surface area (TPSA) is 30.5 Å². The first kappa shape index (κ1) is 9.04. The molecule has 1 aromatic rings. The van der Waals surface area contributed by atoms with E-state index in [0.717, 1.165) is 38.5 Å². The quantitative estimate of drug-likeness (QED) is 0.814. The number of hydrogen-bond acceptors (Lipinski definition) is 3. The summed E-state index contributed by atoms with van der Waals surface area (Å²) in [4.78, 5) is 0. The van der Waals surface area contributed by atoms with Gasteiger partial charge in [-0.25, -0.2) is 0 Å². The zero-order chi connectivity index (χ0) is 10.1. The van der Waals surface area contributed by atoms with Crippen molar-refractivity contribution < 1.29 is 9.47 Å². The fraction of sp³-hybridized carbons (Fsp3) is 0.500. The maximum atomic E-state index is 5.72. The number of benzene rings is 1. The average molecular weight is 205 g/mol. The first-order valence-electron chi connectivity index (χ1n) is 5.49. The van der Waals surface area contributed by atoms with Gasteiger partial charge in [-0.05, 0) is 18.1 Å². The summed E-state index contributed by atoms with van der Waals surface area (Å²) in [6.45, 7) is 3.53. The highest BCUT2D eigenvalue weighted by Crippen LogP contribution is 2.27. The Balaban J connectivity index is 1.64. The van der Waals surface area contributed by atoms with Crippen molar-refractivity contribution in [2.24, 2.45) is 5.92 Å². The van der Waals surface area contributed by atoms with Gasteiger partial charge in [-0.1, -0.05) is 6.07 Å². The summed E-state index contributed by atoms with van der Waals surface area (Å²) in [5.74, 6) is 1.56. The lowest BCUT2D eigenvalue weighted by atomic mass is 10.1. The molecule has 0 radical (unpaired) electrons. The fourth-order valence-electron chi connectivity index (χ4n) is 1.95. The van der Waals surface area contributed by atoms with E-state index in [2.05, 4.69) is 23.5 Å². The first-order chi connectivity index (χ1) is 7.42. The summed E-state index contributed by atoms with van der Waals surface area (Å²) in [5.41, 5.74) is 2.63. The summed E-state index contributed by atoms with van der Waals surface area (Å²) in [5, 5.41) is 3.35. The molecule has 80 valence electrons. The molecule has 2 heterocycles. The van der Waals surface area contributed by atoms with Crippen LogP contribution >= 0.6 is 0 Å². The third kappa shape index (κ3) is 1.79. The van der Waals surface area contributed by atoms with Gasteiger partial charge in [0.2, 0.25) is 0 Å². The van der Waals surface area contributed by atoms with Crippen LogP contribution in [-0.4, -0.2) is 26.4 Å². The number of nitrogens with one attached hydrogen (secondary N) is 1. The van der Waals surface area contributed by atoms with Gasteiger partial charge >= 0.3 is 0 Å². The Hall–Kier alpha value is -1.22. The summed E-state index contributed by atoms with van der Waals surface area (Å²) in [6.07, 6.45) is 1.13. The number of rotatable bonds is 3. The lowest BCUT2D eigenvalue weighted by Crippen LogP contribution is -2.32. The number of hydrogen-bond donors (Lipinski definition) is 1. The monoisotopic (exact) mass is 205 g/mol. The molecule has 1 aromatic carbocycles. The maximum absolute atomic E-state index is 5.72. The minimum Gasteiger partial charge on any atom is -0.493 e. The summed E-state index contributed by atoms with van der Waals surface area (Å²) in [7, 11) is 0. The van der Waals surface area contributed by atoms with Crippen LogP contribution in [0.3, 0.4) is 0 Å². The Kier molecular flexibility index (Phi) is 2.25. The number of ether oxygens (including phenoxy) is 2. The molecule has 3 heteroatoms. The van der Waals surface area contributed by atoms with E-state index < -0.39 is 0 Å². The van der Waals surface area contributed by atoms with E-state index >= 15 is 0 Å². The van der Waals surface area contributed by atoms with Gasteiger partial charge in [0.05, 0.1) is 19.8 Å². The van der Waals surface area contributed by atoms with Crippen LogP contribution in [0.1, 0.15) is 5.56 Å². The third-order valence-corrected chi connectivity index (χ3v) is 2.98. The van der Waals surface area contributed by atoms with Crippen molar-refractivity contribution in [3.05, 3.63) is 23.8 Å². The Labute approximate surface area is 89.4 Å². The largest absolute Gasteiger partial charge is 0.493 e. The molecule has 0 aromatic heterocycles. The van der Waals surface area contributed by atoms with Crippen molar-refractivity contribution in [3.63, 3.8) is 0 Å². The van der Waals surface area contributed by atoms with E-state index in [4.69, 9.17) is 9.47 Å². The van der Waals surface area contributed by atoms with E-state index in [0.29, 0.717) is 5.92 Å². The summed E-state index contributed by atoms with van der Waals surface area (Å²) < 4.78 is 10.8. The second kappa shape index (κ2) is 3.74. The molecule has 3 nitrogen and oxygen atoms in total. The molecule has 1 fully saturated rings. The van der Waals surface area contributed by atoms with Crippen molar-refractivity contribution in [1.82, 2.24) is 0 Å². The van der Waals surface area contributed by atoms with Crippen LogP contribution < -0.4 is 10.1 Å². The molecular weight excluding hydrogens is 190 g/mol.